The molecule has 0 radical (unpaired) electrons. The first-order valence-corrected chi connectivity index (χ1v) is 8.38. The van der Waals surface area contributed by atoms with Crippen LogP contribution in [0, 0.1) is 0 Å². The van der Waals surface area contributed by atoms with Crippen molar-refractivity contribution in [3.63, 3.8) is 0 Å². The van der Waals surface area contributed by atoms with Crippen molar-refractivity contribution in [2.24, 2.45) is 0 Å². The number of alkyl halides is 1. The Hall–Kier alpha value is -1.18. The van der Waals surface area contributed by atoms with Crippen LogP contribution in [0.25, 0.3) is 0 Å². The van der Waals surface area contributed by atoms with Gasteiger partial charge in [0.05, 0.1) is 11.8 Å². The number of carboxylic acid groups (broad SMARTS) is 1. The van der Waals surface area contributed by atoms with Gasteiger partial charge in [-0.2, -0.15) is 0 Å². The lowest BCUT2D eigenvalue weighted by Gasteiger charge is -2.19. The minimum atomic E-state index is -3.52. The lowest BCUT2D eigenvalue weighted by Crippen LogP contribution is -2.41. The molecule has 0 aromatic heterocycles. The van der Waals surface area contributed by atoms with Crippen molar-refractivity contribution in [3.8, 4) is 0 Å². The van der Waals surface area contributed by atoms with E-state index in [2.05, 4.69) is 0 Å². The summed E-state index contributed by atoms with van der Waals surface area (Å²) in [6.07, 6.45) is 2.52. The van der Waals surface area contributed by atoms with Gasteiger partial charge in [0.1, 0.15) is 5.75 Å². The number of hydrogen-bond acceptors (Lipinski definition) is 4. The summed E-state index contributed by atoms with van der Waals surface area (Å²) >= 11 is 0. The average molecular weight is 307 g/mol. The van der Waals surface area contributed by atoms with Crippen LogP contribution in [0.3, 0.4) is 0 Å². The first-order valence-electron chi connectivity index (χ1n) is 6.66. The Kier molecular flexibility index (Phi) is 4.04. The maximum absolute atomic E-state index is 13.8. The Morgan fingerprint density at radius 3 is 2.40 bits per heavy atom. The summed E-state index contributed by atoms with van der Waals surface area (Å²) in [6.45, 7) is -0.622. The molecule has 0 aromatic rings. The summed E-state index contributed by atoms with van der Waals surface area (Å²) in [7, 11) is -3.52. The van der Waals surface area contributed by atoms with Crippen LogP contribution in [0.5, 0.6) is 0 Å². The quantitative estimate of drug-likeness (QED) is 0.810. The summed E-state index contributed by atoms with van der Waals surface area (Å²) in [6, 6.07) is 0. The van der Waals surface area contributed by atoms with Crippen molar-refractivity contribution < 1.29 is 27.5 Å². The van der Waals surface area contributed by atoms with Gasteiger partial charge in [0.25, 0.3) is 0 Å². The highest BCUT2D eigenvalue weighted by molar-refractivity contribution is 7.92. The average Bonchev–Trinajstić information content (AvgIpc) is 2.97. The molecule has 0 spiro atoms. The number of halogens is 1. The van der Waals surface area contributed by atoms with E-state index in [1.54, 1.807) is 0 Å². The molecular weight excluding hydrogens is 289 g/mol. The maximum Gasteiger partial charge on any atom is 0.343 e. The van der Waals surface area contributed by atoms with Gasteiger partial charge in [-0.05, 0) is 12.8 Å². The topological polar surface area (TPSA) is 91.8 Å². The van der Waals surface area contributed by atoms with E-state index < -0.39 is 44.9 Å². The van der Waals surface area contributed by atoms with Crippen molar-refractivity contribution in [3.05, 3.63) is 0 Å². The van der Waals surface area contributed by atoms with Crippen molar-refractivity contribution >= 4 is 21.7 Å². The van der Waals surface area contributed by atoms with Gasteiger partial charge >= 0.3 is 5.97 Å². The summed E-state index contributed by atoms with van der Waals surface area (Å²) in [4.78, 5) is 23.7. The molecule has 1 N–H and O–H groups in total. The fourth-order valence-corrected chi connectivity index (χ4v) is 4.60. The molecule has 0 bridgehead atoms. The van der Waals surface area contributed by atoms with Gasteiger partial charge in [0, 0.05) is 13.0 Å². The fraction of sp³-hybridized carbons (Fsp3) is 0.833. The second kappa shape index (κ2) is 5.31. The molecule has 114 valence electrons. The predicted octanol–water partition coefficient (Wildman–Crippen LogP) is 0.369. The molecule has 0 aromatic carbocycles. The van der Waals surface area contributed by atoms with E-state index in [9.17, 15) is 22.4 Å². The molecule has 1 aliphatic heterocycles. The van der Waals surface area contributed by atoms with Gasteiger partial charge in [-0.15, -0.1) is 0 Å². The van der Waals surface area contributed by atoms with Crippen LogP contribution >= 0.6 is 0 Å². The second-order valence-corrected chi connectivity index (χ2v) is 7.83. The van der Waals surface area contributed by atoms with Crippen molar-refractivity contribution in [1.82, 2.24) is 4.90 Å². The number of rotatable bonds is 4. The third kappa shape index (κ3) is 2.94. The molecule has 2 rings (SSSR count). The molecule has 20 heavy (non-hydrogen) atoms. The van der Waals surface area contributed by atoms with Crippen molar-refractivity contribution in [2.75, 3.05) is 18.8 Å². The Morgan fingerprint density at radius 1 is 1.30 bits per heavy atom. The summed E-state index contributed by atoms with van der Waals surface area (Å²) < 4.78 is 37.9. The lowest BCUT2D eigenvalue weighted by atomic mass is 10.1. The van der Waals surface area contributed by atoms with E-state index in [0.29, 0.717) is 12.8 Å². The van der Waals surface area contributed by atoms with Gasteiger partial charge in [-0.25, -0.2) is 17.6 Å². The molecule has 2 fully saturated rings. The number of nitrogens with zero attached hydrogens (tertiary/aromatic N) is 1. The van der Waals surface area contributed by atoms with E-state index in [-0.39, 0.29) is 13.0 Å². The number of hydrogen-bond donors (Lipinski definition) is 1. The van der Waals surface area contributed by atoms with Gasteiger partial charge in [-0.3, -0.25) is 4.79 Å². The van der Waals surface area contributed by atoms with E-state index in [1.807, 2.05) is 0 Å². The highest BCUT2D eigenvalue weighted by Gasteiger charge is 2.47. The maximum atomic E-state index is 13.8. The predicted molar refractivity (Wildman–Crippen MR) is 68.7 cm³/mol. The summed E-state index contributed by atoms with van der Waals surface area (Å²) in [5.74, 6) is -2.95. The van der Waals surface area contributed by atoms with Crippen LogP contribution in [0.1, 0.15) is 32.1 Å². The number of likely N-dealkylation sites (tertiary alicyclic amines) is 1. The van der Waals surface area contributed by atoms with E-state index in [4.69, 9.17) is 5.11 Å². The van der Waals surface area contributed by atoms with Crippen LogP contribution in [0.4, 0.5) is 4.39 Å². The largest absolute Gasteiger partial charge is 0.479 e. The van der Waals surface area contributed by atoms with Crippen molar-refractivity contribution in [2.45, 2.75) is 43.0 Å². The molecule has 1 heterocycles. The number of amides is 1. The van der Waals surface area contributed by atoms with E-state index in [1.165, 1.54) is 0 Å². The zero-order valence-electron chi connectivity index (χ0n) is 11.0. The number of aliphatic carboxylic acids is 1. The monoisotopic (exact) mass is 307 g/mol. The summed E-state index contributed by atoms with van der Waals surface area (Å²) in [5.41, 5.74) is -2.45. The molecule has 1 amide bonds. The minimum Gasteiger partial charge on any atom is -0.479 e. The normalized spacial score (nSPS) is 27.9. The minimum absolute atomic E-state index is 0.0537. The SMILES string of the molecule is O=C(CS(=O)(=O)C1CCCC1)N1CC[C@](F)(C(=O)O)C1. The highest BCUT2D eigenvalue weighted by atomic mass is 32.2. The zero-order valence-corrected chi connectivity index (χ0v) is 11.9. The number of sulfone groups is 1. The Balaban J connectivity index is 1.98. The number of carboxylic acids is 1. The van der Waals surface area contributed by atoms with E-state index >= 15 is 0 Å². The molecule has 1 saturated carbocycles. The van der Waals surface area contributed by atoms with Crippen molar-refractivity contribution in [1.29, 1.82) is 0 Å². The summed E-state index contributed by atoms with van der Waals surface area (Å²) in [5, 5.41) is 8.26. The van der Waals surface area contributed by atoms with Crippen LogP contribution in [0.2, 0.25) is 0 Å². The highest BCUT2D eigenvalue weighted by Crippen LogP contribution is 2.28. The Bertz CT molecular complexity index is 514. The van der Waals surface area contributed by atoms with Gasteiger partial charge in [0.2, 0.25) is 11.6 Å². The Labute approximate surface area is 116 Å². The molecule has 2 aliphatic rings. The molecular formula is C12H18FNO5S. The van der Waals surface area contributed by atoms with Gasteiger partial charge in [-0.1, -0.05) is 12.8 Å². The Morgan fingerprint density at radius 2 is 1.90 bits per heavy atom. The third-order valence-corrected chi connectivity index (χ3v) is 6.23. The number of carbonyl (C=O) groups excluding carboxylic acids is 1. The van der Waals surface area contributed by atoms with Crippen LogP contribution in [-0.4, -0.2) is 60.1 Å². The van der Waals surface area contributed by atoms with Gasteiger partial charge < -0.3 is 10.0 Å². The fourth-order valence-electron chi connectivity index (χ4n) is 2.79. The standard InChI is InChI=1S/C12H18FNO5S/c13-12(11(16)17)5-6-14(8-12)10(15)7-20(18,19)9-3-1-2-4-9/h9H,1-8H2,(H,16,17)/t12-/m1/s1. The molecule has 0 unspecified atom stereocenters. The van der Waals surface area contributed by atoms with Crippen LogP contribution in [-0.2, 0) is 19.4 Å². The van der Waals surface area contributed by atoms with Crippen LogP contribution in [0.15, 0.2) is 0 Å². The molecule has 1 saturated heterocycles. The first-order chi connectivity index (χ1) is 9.24. The molecule has 1 atom stereocenters. The molecule has 6 nitrogen and oxygen atoms in total. The third-order valence-electron chi connectivity index (χ3n) is 4.09. The molecule has 8 heteroatoms. The molecule has 1 aliphatic carbocycles. The van der Waals surface area contributed by atoms with E-state index in [0.717, 1.165) is 17.7 Å². The smallest absolute Gasteiger partial charge is 0.343 e. The lowest BCUT2D eigenvalue weighted by molar-refractivity contribution is -0.150. The first kappa shape index (κ1) is 15.2. The second-order valence-electron chi connectivity index (χ2n) is 5.55. The van der Waals surface area contributed by atoms with Crippen LogP contribution < -0.4 is 0 Å². The zero-order chi connectivity index (χ0) is 15.0. The number of carbonyl (C=O) groups is 2. The van der Waals surface area contributed by atoms with Gasteiger partial charge in [0.15, 0.2) is 9.84 Å².